The van der Waals surface area contributed by atoms with Gasteiger partial charge in [0.15, 0.2) is 36.5 Å². The standard InChI is InChI=1S/C31H40N3O10P.C28H36N3O10P.C14H20N2O6.C11H16N2O6/c1-7-8-18-39-27(36)19(2)33-45(38,43-23-15-11-13-21-12-9-10-14-22(21)23)42-20(3)25-26-31(6,44-30(4,5)41-26)28(40-25)34-17-16-24(35)32-29(34)37;1-5-6-16-38-25(34)17(2)30-42(37,41-21-13-9-11-19-10-7-8-12-20(19)21)40-18(3)23-24(33)28(4,36)26(39-23)31-15-14-22(32)29-27(31)35;1-7(17)9-10-14(4,22-13(2,3)21-10)11(20-9)16-6-5-8(18)15-12(16)19;1-5(14)7-8(16)11(2,18)9(19-7)13-4-3-6(15)12-10(13)17/h9-17,19-20,25-26,28H,7-8,18H2,1-6H3,(H,33,38)(H,32,35,37);7-15,17-18,23-24,26,33,36H,5-6,16H2,1-4H3,(H,30,37)(H,29,32,35);5-7,9-11,17H,1-4H3,(H,15,18,19);3-5,7-9,14,16,18H,1-2H3,(H,12,15,17)/t19-,20+,25+,26+,28+,31+,45?;17-,18+,23+,24+,26+,28+,42?;7-,9-,10-,11-,14-;5-,7-,8-,9-,11-/m0011/s1. The topological polar surface area (TPSA) is 562 Å². The molecule has 8 aromatic rings. The van der Waals surface area contributed by atoms with E-state index >= 15 is 0 Å². The molecule has 10 heterocycles. The maximum atomic E-state index is 14.6. The minimum absolute atomic E-state index is 0.190. The second-order valence-corrected chi connectivity index (χ2v) is 36.9. The molecule has 0 saturated carbocycles. The second kappa shape index (κ2) is 39.6. The van der Waals surface area contributed by atoms with E-state index in [1.807, 2.05) is 67.4 Å². The van der Waals surface area contributed by atoms with Crippen LogP contribution in [0.15, 0.2) is 172 Å². The third-order valence-electron chi connectivity index (χ3n) is 22.2. The first-order valence-electron chi connectivity index (χ1n) is 41.6. The number of aromatic amines is 4. The molecular weight excluding hydrogens is 1720 g/mol. The lowest BCUT2D eigenvalue weighted by Crippen LogP contribution is -2.48. The normalized spacial score (nSPS) is 29.5. The molecule has 0 radical (unpaired) electrons. The number of fused-ring (bicyclic) bond motifs is 4. The molecule has 128 heavy (non-hydrogen) atoms. The van der Waals surface area contributed by atoms with Crippen molar-refractivity contribution in [2.45, 2.75) is 281 Å². The smallest absolute Gasteiger partial charge is 0.459 e. The van der Waals surface area contributed by atoms with Gasteiger partial charge in [0.1, 0.15) is 94.8 Å². The Labute approximate surface area is 731 Å². The van der Waals surface area contributed by atoms with Crippen molar-refractivity contribution < 1.29 is 115 Å². The Morgan fingerprint density at radius 1 is 0.445 bits per heavy atom. The monoisotopic (exact) mass is 1830 g/mol. The van der Waals surface area contributed by atoms with Gasteiger partial charge in [-0.3, -0.25) is 76.0 Å². The van der Waals surface area contributed by atoms with Crippen molar-refractivity contribution in [3.05, 3.63) is 217 Å². The Morgan fingerprint density at radius 2 is 0.758 bits per heavy atom. The van der Waals surface area contributed by atoms with Gasteiger partial charge in [0, 0.05) is 59.8 Å². The van der Waals surface area contributed by atoms with Gasteiger partial charge >= 0.3 is 50.2 Å². The number of aromatic nitrogens is 8. The van der Waals surface area contributed by atoms with Crippen LogP contribution in [0.2, 0.25) is 0 Å². The molecule has 6 aliphatic rings. The van der Waals surface area contributed by atoms with Crippen molar-refractivity contribution in [1.29, 1.82) is 0 Å². The maximum Gasteiger partial charge on any atom is 0.459 e. The number of unbranched alkanes of at least 4 members (excludes halogenated alkanes) is 2. The van der Waals surface area contributed by atoms with Gasteiger partial charge in [-0.25, -0.2) is 28.3 Å². The molecule has 24 atom stereocenters. The molecule has 44 heteroatoms. The molecule has 4 aromatic heterocycles. The van der Waals surface area contributed by atoms with Gasteiger partial charge in [0.25, 0.3) is 22.2 Å². The Balaban J connectivity index is 0.000000175. The molecule has 12 N–H and O–H groups in total. The number of nitrogens with zero attached hydrogens (tertiary/aromatic N) is 4. The molecular formula is C84H112N10O32P2. The van der Waals surface area contributed by atoms with Gasteiger partial charge in [0.2, 0.25) is 0 Å². The van der Waals surface area contributed by atoms with Gasteiger partial charge in [-0.1, -0.05) is 99.5 Å². The first-order valence-corrected chi connectivity index (χ1v) is 44.7. The lowest BCUT2D eigenvalue weighted by molar-refractivity contribution is -0.223. The number of carbonyl (C=O) groups excluding carboxylic acids is 2. The Morgan fingerprint density at radius 3 is 1.11 bits per heavy atom. The number of carbonyl (C=O) groups is 2. The third-order valence-corrected chi connectivity index (χ3v) is 25.7. The molecule has 0 aliphatic carbocycles. The van der Waals surface area contributed by atoms with Crippen LogP contribution in [0.3, 0.4) is 0 Å². The van der Waals surface area contributed by atoms with E-state index < -0.39 is 217 Å². The lowest BCUT2D eigenvalue weighted by atomic mass is 9.94. The van der Waals surface area contributed by atoms with Gasteiger partial charge in [-0.15, -0.1) is 0 Å². The minimum atomic E-state index is -4.42. The highest BCUT2D eigenvalue weighted by Gasteiger charge is 2.68. The fourth-order valence-corrected chi connectivity index (χ4v) is 19.3. The molecule has 42 nitrogen and oxygen atoms in total. The molecule has 0 spiro atoms. The summed E-state index contributed by atoms with van der Waals surface area (Å²) in [6.45, 7) is 26.4. The summed E-state index contributed by atoms with van der Waals surface area (Å²) in [5, 5.41) is 70.1. The second-order valence-electron chi connectivity index (χ2n) is 33.6. The van der Waals surface area contributed by atoms with Crippen molar-refractivity contribution in [3.63, 3.8) is 0 Å². The Kier molecular flexibility index (Phi) is 30.6. The average Bonchev–Trinajstić information content (AvgIpc) is 1.56. The first kappa shape index (κ1) is 99.0. The highest BCUT2D eigenvalue weighted by molar-refractivity contribution is 7.52. The van der Waals surface area contributed by atoms with E-state index in [9.17, 15) is 87.7 Å². The quantitative estimate of drug-likeness (QED) is 0.0180. The minimum Gasteiger partial charge on any atom is -0.465 e. The number of hydrogen-bond donors (Lipinski definition) is 12. The third kappa shape index (κ3) is 21.8. The van der Waals surface area contributed by atoms with E-state index in [0.29, 0.717) is 23.6 Å². The van der Waals surface area contributed by atoms with Crippen LogP contribution >= 0.6 is 15.5 Å². The SMILES string of the molecule is CCCCOC(=O)[C@H](C)NP(=O)(Oc1cccc2ccccc12)O[C@H](C)[C@H]1O[C@@H](n2ccc(=O)[nH]c2=O)[C@](C)(O)[C@@H]1O.CCCCOC(=O)[C@H](C)NP(=O)(Oc1cccc2ccccc12)O[C@H](C)[C@H]1O[C@@H](n2ccc(=O)[nH]c2=O)[C@]2(C)OC(C)(C)O[C@H]12.C[C@@H](O)[C@H]1O[C@@H](n2ccc(=O)[nH]c2=O)[C@](C)(O)[C@@H]1O.C[C@@H](O)[C@H]1O[C@@H](n2ccc(=O)[nH]c2=O)[C@]2(C)OC(C)(C)O[C@H]12. The number of benzene rings is 4. The van der Waals surface area contributed by atoms with Crippen LogP contribution in [0.1, 0.15) is 161 Å². The molecule has 0 amide bonds. The van der Waals surface area contributed by atoms with Crippen LogP contribution in [0.4, 0.5) is 0 Å². The van der Waals surface area contributed by atoms with E-state index in [2.05, 4.69) is 25.1 Å². The fourth-order valence-electron chi connectivity index (χ4n) is 15.9. The number of esters is 2. The van der Waals surface area contributed by atoms with Gasteiger partial charge < -0.3 is 87.1 Å². The summed E-state index contributed by atoms with van der Waals surface area (Å²) in [7, 11) is -8.76. The molecule has 6 saturated heterocycles. The molecule has 2 unspecified atom stereocenters. The summed E-state index contributed by atoms with van der Waals surface area (Å²) in [4.78, 5) is 128. The zero-order chi connectivity index (χ0) is 93.9. The van der Waals surface area contributed by atoms with E-state index in [1.165, 1.54) is 75.2 Å². The van der Waals surface area contributed by atoms with E-state index in [1.54, 1.807) is 91.8 Å². The molecule has 6 aliphatic heterocycles. The van der Waals surface area contributed by atoms with Crippen LogP contribution in [-0.4, -0.2) is 213 Å². The van der Waals surface area contributed by atoms with E-state index in [4.69, 9.17) is 65.5 Å². The number of ether oxygens (including phenoxy) is 10. The number of rotatable bonds is 28. The van der Waals surface area contributed by atoms with Crippen molar-refractivity contribution in [2.24, 2.45) is 0 Å². The number of aliphatic hydroxyl groups is 6. The predicted octanol–water partition coefficient (Wildman–Crippen LogP) is 4.68. The number of nitrogens with one attached hydrogen (secondary N) is 6. The van der Waals surface area contributed by atoms with Crippen LogP contribution < -0.4 is 64.2 Å². The van der Waals surface area contributed by atoms with Crippen LogP contribution in [0.5, 0.6) is 11.5 Å². The lowest BCUT2D eigenvalue weighted by Gasteiger charge is -2.31. The molecule has 6 fully saturated rings. The molecule has 0 bridgehead atoms. The van der Waals surface area contributed by atoms with Crippen molar-refractivity contribution in [3.8, 4) is 11.5 Å². The van der Waals surface area contributed by atoms with Gasteiger partial charge in [-0.05, 0) is 133 Å². The van der Waals surface area contributed by atoms with Crippen LogP contribution in [0.25, 0.3) is 21.5 Å². The first-order chi connectivity index (χ1) is 60.0. The highest BCUT2D eigenvalue weighted by atomic mass is 31.2. The average molecular weight is 1840 g/mol. The van der Waals surface area contributed by atoms with E-state index in [0.717, 1.165) is 57.3 Å². The number of hydrogen-bond acceptors (Lipinski definition) is 32. The highest BCUT2D eigenvalue weighted by Crippen LogP contribution is 2.57. The van der Waals surface area contributed by atoms with Gasteiger partial charge in [0.05, 0.1) is 37.6 Å². The molecule has 14 rings (SSSR count). The van der Waals surface area contributed by atoms with Crippen LogP contribution in [-0.2, 0) is 75.1 Å². The Hall–Kier alpha value is -9.60. The molecule has 700 valence electrons. The van der Waals surface area contributed by atoms with Crippen molar-refractivity contribution in [1.82, 2.24) is 48.4 Å². The maximum absolute atomic E-state index is 14.6. The summed E-state index contributed by atoms with van der Waals surface area (Å²) >= 11 is 0. The zero-order valence-electron chi connectivity index (χ0n) is 73.3. The Bertz CT molecular complexity index is 5870. The molecule has 4 aromatic carbocycles. The van der Waals surface area contributed by atoms with Crippen LogP contribution in [0, 0.1) is 0 Å². The van der Waals surface area contributed by atoms with Crippen molar-refractivity contribution >= 4 is 49.0 Å². The summed E-state index contributed by atoms with van der Waals surface area (Å²) in [5.74, 6) is -2.72. The fraction of sp³-hybridized carbons (Fsp3) is 0.548. The largest absolute Gasteiger partial charge is 0.465 e. The van der Waals surface area contributed by atoms with E-state index in [-0.39, 0.29) is 24.7 Å². The van der Waals surface area contributed by atoms with Gasteiger partial charge in [-0.2, -0.15) is 10.2 Å². The van der Waals surface area contributed by atoms with Crippen molar-refractivity contribution in [2.75, 3.05) is 13.2 Å². The number of aliphatic hydroxyl groups excluding tert-OH is 4. The predicted molar refractivity (Wildman–Crippen MR) is 457 cm³/mol. The summed E-state index contributed by atoms with van der Waals surface area (Å²) in [6.07, 6.45) is -8.79. The summed E-state index contributed by atoms with van der Waals surface area (Å²) < 4.78 is 116. The number of H-pyrrole nitrogens is 4. The zero-order valence-corrected chi connectivity index (χ0v) is 75.1. The summed E-state index contributed by atoms with van der Waals surface area (Å²) in [6, 6.07) is 27.6. The summed E-state index contributed by atoms with van der Waals surface area (Å²) in [5.41, 5.74) is -11.2.